The highest BCUT2D eigenvalue weighted by Crippen LogP contribution is 2.39. The van der Waals surface area contributed by atoms with Crippen molar-refractivity contribution in [2.75, 3.05) is 19.8 Å². The van der Waals surface area contributed by atoms with E-state index in [1.807, 2.05) is 25.1 Å². The van der Waals surface area contributed by atoms with E-state index in [0.717, 1.165) is 30.9 Å². The van der Waals surface area contributed by atoms with Gasteiger partial charge in [0.2, 0.25) is 11.7 Å². The first-order valence-corrected chi connectivity index (χ1v) is 11.9. The number of benzene rings is 2. The first kappa shape index (κ1) is 24.9. The average Bonchev–Trinajstić information content (AvgIpc) is 3.35. The Balaban J connectivity index is 1.40. The fraction of sp³-hybridized carbons (Fsp3) is 0.462. The molecule has 1 unspecified atom stereocenters. The largest absolute Gasteiger partial charge is 0.493 e. The minimum Gasteiger partial charge on any atom is -0.493 e. The van der Waals surface area contributed by atoms with Crippen molar-refractivity contribution < 1.29 is 31.9 Å². The maximum atomic E-state index is 13.8. The Hall–Kier alpha value is -3.23. The molecule has 2 aromatic carbocycles. The van der Waals surface area contributed by atoms with Gasteiger partial charge >= 0.3 is 6.18 Å². The predicted octanol–water partition coefficient (Wildman–Crippen LogP) is 6.83. The second-order valence-electron chi connectivity index (χ2n) is 8.64. The van der Waals surface area contributed by atoms with E-state index in [2.05, 4.69) is 17.1 Å². The van der Waals surface area contributed by atoms with Crippen LogP contribution in [-0.2, 0) is 12.6 Å². The molecule has 0 saturated heterocycles. The van der Waals surface area contributed by atoms with Crippen LogP contribution < -0.4 is 14.2 Å². The third-order valence-corrected chi connectivity index (χ3v) is 5.87. The van der Waals surface area contributed by atoms with Crippen LogP contribution in [0.15, 0.2) is 40.9 Å². The summed E-state index contributed by atoms with van der Waals surface area (Å²) in [6, 6.07) is 9.52. The van der Waals surface area contributed by atoms with Gasteiger partial charge in [0.25, 0.3) is 0 Å². The van der Waals surface area contributed by atoms with Crippen molar-refractivity contribution in [3.63, 3.8) is 0 Å². The van der Waals surface area contributed by atoms with Crippen LogP contribution in [0.25, 0.3) is 11.4 Å². The minimum atomic E-state index is -4.58. The quantitative estimate of drug-likeness (QED) is 0.290. The van der Waals surface area contributed by atoms with Crippen molar-refractivity contribution >= 4 is 0 Å². The molecule has 0 amide bonds. The van der Waals surface area contributed by atoms with Crippen LogP contribution in [0, 0.1) is 0 Å². The molecule has 0 aliphatic carbocycles. The highest BCUT2D eigenvalue weighted by molar-refractivity contribution is 5.59. The molecule has 6 nitrogen and oxygen atoms in total. The number of aryl methyl sites for hydroxylation is 1. The lowest BCUT2D eigenvalue weighted by Crippen LogP contribution is -2.15. The van der Waals surface area contributed by atoms with Crippen LogP contribution in [0.3, 0.4) is 0 Å². The van der Waals surface area contributed by atoms with Gasteiger partial charge in [0.1, 0.15) is 19.0 Å². The molecule has 1 aliphatic heterocycles. The highest BCUT2D eigenvalue weighted by Gasteiger charge is 2.35. The van der Waals surface area contributed by atoms with Crippen LogP contribution in [-0.4, -0.2) is 30.0 Å². The summed E-state index contributed by atoms with van der Waals surface area (Å²) in [7, 11) is 0. The van der Waals surface area contributed by atoms with Crippen molar-refractivity contribution in [1.29, 1.82) is 0 Å². The summed E-state index contributed by atoms with van der Waals surface area (Å²) in [5.74, 6) is 1.79. The highest BCUT2D eigenvalue weighted by atomic mass is 19.4. The molecule has 0 spiro atoms. The predicted molar refractivity (Wildman–Crippen MR) is 124 cm³/mol. The summed E-state index contributed by atoms with van der Waals surface area (Å²) in [6.07, 6.45) is -0.468. The summed E-state index contributed by atoms with van der Waals surface area (Å²) in [5, 5.41) is 3.89. The maximum absolute atomic E-state index is 13.8. The number of hydrogen-bond acceptors (Lipinski definition) is 6. The summed E-state index contributed by atoms with van der Waals surface area (Å²) in [5.41, 5.74) is 0.378. The third-order valence-electron chi connectivity index (χ3n) is 5.87. The van der Waals surface area contributed by atoms with Crippen molar-refractivity contribution in [2.45, 2.75) is 58.0 Å². The smallest absolute Gasteiger partial charge is 0.419 e. The lowest BCUT2D eigenvalue weighted by molar-refractivity contribution is -0.138. The molecule has 4 rings (SSSR count). The zero-order valence-electron chi connectivity index (χ0n) is 19.9. The van der Waals surface area contributed by atoms with Crippen molar-refractivity contribution in [2.24, 2.45) is 0 Å². The number of unbranched alkanes of at least 4 members (excludes halogenated alkanes) is 1. The van der Waals surface area contributed by atoms with Gasteiger partial charge in [-0.15, -0.1) is 0 Å². The second-order valence-corrected chi connectivity index (χ2v) is 8.64. The van der Waals surface area contributed by atoms with Crippen LogP contribution in [0.1, 0.15) is 62.5 Å². The summed E-state index contributed by atoms with van der Waals surface area (Å²) < 4.78 is 63.3. The first-order valence-electron chi connectivity index (χ1n) is 11.9. The number of fused-ring (bicyclic) bond motifs is 1. The van der Waals surface area contributed by atoms with E-state index < -0.39 is 11.7 Å². The molecule has 1 aliphatic rings. The zero-order chi connectivity index (χ0) is 24.8. The number of alkyl halides is 3. The van der Waals surface area contributed by atoms with Gasteiger partial charge in [-0.2, -0.15) is 18.2 Å². The Kier molecular flexibility index (Phi) is 7.83. The molecule has 0 bridgehead atoms. The Morgan fingerprint density at radius 3 is 2.60 bits per heavy atom. The van der Waals surface area contributed by atoms with Crippen LogP contribution in [0.5, 0.6) is 17.2 Å². The topological polar surface area (TPSA) is 66.6 Å². The molecule has 188 valence electrons. The van der Waals surface area contributed by atoms with E-state index in [-0.39, 0.29) is 29.7 Å². The molecular weight excluding hydrogens is 461 g/mol. The summed E-state index contributed by atoms with van der Waals surface area (Å²) >= 11 is 0. The molecular formula is C26H29F3N2O4. The number of rotatable bonds is 10. The molecule has 0 fully saturated rings. The van der Waals surface area contributed by atoms with Crippen LogP contribution in [0.2, 0.25) is 0 Å². The van der Waals surface area contributed by atoms with Gasteiger partial charge in [0.15, 0.2) is 11.5 Å². The van der Waals surface area contributed by atoms with Gasteiger partial charge in [0, 0.05) is 11.5 Å². The average molecular weight is 491 g/mol. The SMILES string of the molecule is CCCCC(C)c1nc(-c2ccc(OCCCc3ccc4c(c3)OCCO4)c(C(F)(F)F)c2)no1. The number of aromatic nitrogens is 2. The summed E-state index contributed by atoms with van der Waals surface area (Å²) in [4.78, 5) is 4.32. The molecule has 0 saturated carbocycles. The Bertz CT molecular complexity index is 1130. The van der Waals surface area contributed by atoms with E-state index in [9.17, 15) is 13.2 Å². The van der Waals surface area contributed by atoms with Crippen molar-refractivity contribution in [3.8, 4) is 28.6 Å². The maximum Gasteiger partial charge on any atom is 0.419 e. The van der Waals surface area contributed by atoms with E-state index in [0.29, 0.717) is 43.4 Å². The molecule has 9 heteroatoms. The molecule has 3 aromatic rings. The fourth-order valence-corrected chi connectivity index (χ4v) is 3.90. The zero-order valence-corrected chi connectivity index (χ0v) is 19.9. The Morgan fingerprint density at radius 2 is 1.83 bits per heavy atom. The third kappa shape index (κ3) is 6.26. The van der Waals surface area contributed by atoms with Crippen molar-refractivity contribution in [1.82, 2.24) is 10.1 Å². The van der Waals surface area contributed by atoms with Gasteiger partial charge in [-0.3, -0.25) is 0 Å². The lowest BCUT2D eigenvalue weighted by Gasteiger charge is -2.19. The van der Waals surface area contributed by atoms with Gasteiger partial charge in [-0.1, -0.05) is 37.9 Å². The van der Waals surface area contributed by atoms with Crippen molar-refractivity contribution in [3.05, 3.63) is 53.4 Å². The van der Waals surface area contributed by atoms with Gasteiger partial charge in [0.05, 0.1) is 12.2 Å². The lowest BCUT2D eigenvalue weighted by atomic mass is 10.0. The van der Waals surface area contributed by atoms with Gasteiger partial charge < -0.3 is 18.7 Å². The van der Waals surface area contributed by atoms with E-state index >= 15 is 0 Å². The van der Waals surface area contributed by atoms with E-state index in [4.69, 9.17) is 18.7 Å². The first-order chi connectivity index (χ1) is 16.8. The van der Waals surface area contributed by atoms with Gasteiger partial charge in [-0.05, 0) is 55.2 Å². The Labute approximate surface area is 202 Å². The fourth-order valence-electron chi connectivity index (χ4n) is 3.90. The van der Waals surface area contributed by atoms with Crippen LogP contribution in [0.4, 0.5) is 13.2 Å². The molecule has 35 heavy (non-hydrogen) atoms. The standard InChI is InChI=1S/C26H29F3N2O4/c1-3-4-6-17(2)25-30-24(31-35-25)19-9-11-21(20(16-19)26(27,28)29)32-12-5-7-18-8-10-22-23(15-18)34-14-13-33-22/h8-11,15-17H,3-7,12-14H2,1-2H3. The number of hydrogen-bond donors (Lipinski definition) is 0. The van der Waals surface area contributed by atoms with Crippen LogP contribution >= 0.6 is 0 Å². The monoisotopic (exact) mass is 490 g/mol. The second kappa shape index (κ2) is 11.0. The van der Waals surface area contributed by atoms with E-state index in [1.165, 1.54) is 12.1 Å². The molecule has 1 atom stereocenters. The minimum absolute atomic E-state index is 0.0510. The number of halogens is 3. The number of ether oxygens (including phenoxy) is 3. The van der Waals surface area contributed by atoms with E-state index in [1.54, 1.807) is 0 Å². The summed E-state index contributed by atoms with van der Waals surface area (Å²) in [6.45, 7) is 5.21. The number of nitrogens with zero attached hydrogens (tertiary/aromatic N) is 2. The normalized spacial score (nSPS) is 14.1. The molecule has 0 radical (unpaired) electrons. The molecule has 1 aromatic heterocycles. The van der Waals surface area contributed by atoms with Gasteiger partial charge in [-0.25, -0.2) is 0 Å². The molecule has 0 N–H and O–H groups in total. The Morgan fingerprint density at radius 1 is 1.03 bits per heavy atom. The molecule has 2 heterocycles.